The Balaban J connectivity index is 1.35. The van der Waals surface area contributed by atoms with Gasteiger partial charge in [0.25, 0.3) is 5.91 Å². The SMILES string of the molecule is CN1CCN(CCn2cc(NC(=O)c3cccc(-c4cn[nH]c4)n3)c(-c3ccccn3)n2)CC1. The molecule has 0 aliphatic carbocycles. The highest BCUT2D eigenvalue weighted by molar-refractivity contribution is 6.04. The minimum atomic E-state index is -0.304. The number of anilines is 1. The number of amides is 1. The van der Waals surface area contributed by atoms with Gasteiger partial charge in [-0.15, -0.1) is 0 Å². The number of carbonyl (C=O) groups is 1. The number of aromatic nitrogens is 6. The Morgan fingerprint density at radius 1 is 1.06 bits per heavy atom. The van der Waals surface area contributed by atoms with Crippen LogP contribution in [0, 0.1) is 0 Å². The van der Waals surface area contributed by atoms with Crippen LogP contribution in [-0.4, -0.2) is 85.4 Å². The van der Waals surface area contributed by atoms with Gasteiger partial charge in [0.2, 0.25) is 0 Å². The third-order valence-electron chi connectivity index (χ3n) is 5.93. The average molecular weight is 458 g/mol. The molecule has 1 fully saturated rings. The molecule has 0 radical (unpaired) electrons. The summed E-state index contributed by atoms with van der Waals surface area (Å²) < 4.78 is 1.88. The first-order chi connectivity index (χ1) is 16.7. The van der Waals surface area contributed by atoms with Gasteiger partial charge in [-0.05, 0) is 31.3 Å². The number of pyridine rings is 2. The predicted molar refractivity (Wildman–Crippen MR) is 129 cm³/mol. The number of hydrogen-bond acceptors (Lipinski definition) is 7. The summed E-state index contributed by atoms with van der Waals surface area (Å²) in [5.41, 5.74) is 3.76. The lowest BCUT2D eigenvalue weighted by atomic mass is 10.2. The third kappa shape index (κ3) is 5.03. The zero-order valence-corrected chi connectivity index (χ0v) is 19.1. The number of nitrogens with zero attached hydrogens (tertiary/aromatic N) is 7. The minimum Gasteiger partial charge on any atom is -0.317 e. The molecule has 4 aromatic heterocycles. The molecule has 5 rings (SSSR count). The number of nitrogens with one attached hydrogen (secondary N) is 2. The summed E-state index contributed by atoms with van der Waals surface area (Å²) in [7, 11) is 2.15. The molecule has 34 heavy (non-hydrogen) atoms. The van der Waals surface area contributed by atoms with Gasteiger partial charge in [0.15, 0.2) is 0 Å². The Morgan fingerprint density at radius 3 is 2.68 bits per heavy atom. The van der Waals surface area contributed by atoms with Crippen LogP contribution in [0.25, 0.3) is 22.6 Å². The maximum atomic E-state index is 13.1. The molecule has 0 atom stereocenters. The molecular formula is C24H27N9O. The van der Waals surface area contributed by atoms with Gasteiger partial charge in [-0.25, -0.2) is 4.98 Å². The second-order valence-corrected chi connectivity index (χ2v) is 8.36. The first-order valence-corrected chi connectivity index (χ1v) is 11.3. The van der Waals surface area contributed by atoms with Crippen molar-refractivity contribution in [2.24, 2.45) is 0 Å². The minimum absolute atomic E-state index is 0.304. The molecule has 10 heteroatoms. The van der Waals surface area contributed by atoms with E-state index in [1.807, 2.05) is 41.2 Å². The van der Waals surface area contributed by atoms with Crippen LogP contribution in [0.5, 0.6) is 0 Å². The van der Waals surface area contributed by atoms with Crippen molar-refractivity contribution in [1.82, 2.24) is 39.7 Å². The van der Waals surface area contributed by atoms with Crippen molar-refractivity contribution in [3.8, 4) is 22.6 Å². The standard InChI is InChI=1S/C24H27N9O/c1-31-9-11-32(12-10-31)13-14-33-17-22(23(30-33)20-5-2-3-8-25-20)29-24(34)21-7-4-6-19(28-21)18-15-26-27-16-18/h2-8,15-17H,9-14H2,1H3,(H,26,27)(H,29,34). The van der Waals surface area contributed by atoms with Crippen LogP contribution >= 0.6 is 0 Å². The van der Waals surface area contributed by atoms with Gasteiger partial charge in [0, 0.05) is 56.9 Å². The summed E-state index contributed by atoms with van der Waals surface area (Å²) in [5.74, 6) is -0.304. The predicted octanol–water partition coefficient (Wildman–Crippen LogP) is 2.23. The van der Waals surface area contributed by atoms with Gasteiger partial charge in [0.1, 0.15) is 11.4 Å². The van der Waals surface area contributed by atoms with Crippen molar-refractivity contribution >= 4 is 11.6 Å². The van der Waals surface area contributed by atoms with Crippen molar-refractivity contribution in [2.75, 3.05) is 45.1 Å². The van der Waals surface area contributed by atoms with E-state index in [4.69, 9.17) is 5.10 Å². The molecule has 0 bridgehead atoms. The molecule has 1 aliphatic heterocycles. The summed E-state index contributed by atoms with van der Waals surface area (Å²) in [6.45, 7) is 5.88. The molecular weight excluding hydrogens is 430 g/mol. The highest BCUT2D eigenvalue weighted by Crippen LogP contribution is 2.25. The second kappa shape index (κ2) is 9.94. The van der Waals surface area contributed by atoms with Gasteiger partial charge in [0.05, 0.1) is 29.8 Å². The Morgan fingerprint density at radius 2 is 1.91 bits per heavy atom. The fourth-order valence-corrected chi connectivity index (χ4v) is 3.93. The van der Waals surface area contributed by atoms with Crippen LogP contribution in [-0.2, 0) is 6.54 Å². The van der Waals surface area contributed by atoms with E-state index in [9.17, 15) is 4.79 Å². The van der Waals surface area contributed by atoms with E-state index in [0.717, 1.165) is 44.8 Å². The van der Waals surface area contributed by atoms with Crippen LogP contribution in [0.1, 0.15) is 10.5 Å². The molecule has 4 aromatic rings. The van der Waals surface area contributed by atoms with E-state index in [0.29, 0.717) is 28.5 Å². The molecule has 0 saturated carbocycles. The summed E-state index contributed by atoms with van der Waals surface area (Å²) in [4.78, 5) is 26.8. The van der Waals surface area contributed by atoms with E-state index < -0.39 is 0 Å². The number of piperazine rings is 1. The Hall–Kier alpha value is -3.89. The maximum Gasteiger partial charge on any atom is 0.274 e. The molecule has 0 spiro atoms. The first kappa shape index (κ1) is 21.9. The zero-order chi connectivity index (χ0) is 23.3. The van der Waals surface area contributed by atoms with Crippen molar-refractivity contribution in [3.05, 3.63) is 66.9 Å². The Labute approximate surface area is 197 Å². The van der Waals surface area contributed by atoms with Gasteiger partial charge in [-0.1, -0.05) is 12.1 Å². The summed E-state index contributed by atoms with van der Waals surface area (Å²) in [5, 5.41) is 14.5. The summed E-state index contributed by atoms with van der Waals surface area (Å²) in [6.07, 6.45) is 7.01. The lowest BCUT2D eigenvalue weighted by molar-refractivity contribution is 0.102. The van der Waals surface area contributed by atoms with E-state index in [1.54, 1.807) is 24.7 Å². The number of aromatic amines is 1. The molecule has 1 saturated heterocycles. The molecule has 1 amide bonds. The normalized spacial score (nSPS) is 14.9. The Kier molecular flexibility index (Phi) is 6.41. The molecule has 0 aromatic carbocycles. The highest BCUT2D eigenvalue weighted by Gasteiger charge is 2.18. The van der Waals surface area contributed by atoms with E-state index in [-0.39, 0.29) is 5.91 Å². The second-order valence-electron chi connectivity index (χ2n) is 8.36. The van der Waals surface area contributed by atoms with Gasteiger partial charge in [-0.3, -0.25) is 24.5 Å². The van der Waals surface area contributed by atoms with Crippen molar-refractivity contribution in [1.29, 1.82) is 0 Å². The largest absolute Gasteiger partial charge is 0.317 e. The lowest BCUT2D eigenvalue weighted by Crippen LogP contribution is -2.45. The molecule has 10 nitrogen and oxygen atoms in total. The van der Waals surface area contributed by atoms with Gasteiger partial charge >= 0.3 is 0 Å². The van der Waals surface area contributed by atoms with Crippen LogP contribution in [0.2, 0.25) is 0 Å². The summed E-state index contributed by atoms with van der Waals surface area (Å²) in [6, 6.07) is 11.0. The van der Waals surface area contributed by atoms with Gasteiger partial charge < -0.3 is 10.2 Å². The molecule has 5 heterocycles. The van der Waals surface area contributed by atoms with Crippen LogP contribution in [0.3, 0.4) is 0 Å². The zero-order valence-electron chi connectivity index (χ0n) is 19.1. The number of carbonyl (C=O) groups excluding carboxylic acids is 1. The summed E-state index contributed by atoms with van der Waals surface area (Å²) >= 11 is 0. The smallest absolute Gasteiger partial charge is 0.274 e. The fraction of sp³-hybridized carbons (Fsp3) is 0.292. The molecule has 2 N–H and O–H groups in total. The third-order valence-corrected chi connectivity index (χ3v) is 5.93. The van der Waals surface area contributed by atoms with Crippen LogP contribution in [0.4, 0.5) is 5.69 Å². The monoisotopic (exact) mass is 457 g/mol. The number of rotatable bonds is 7. The fourth-order valence-electron chi connectivity index (χ4n) is 3.93. The van der Waals surface area contributed by atoms with E-state index >= 15 is 0 Å². The van der Waals surface area contributed by atoms with Gasteiger partial charge in [-0.2, -0.15) is 10.2 Å². The molecule has 0 unspecified atom stereocenters. The van der Waals surface area contributed by atoms with Crippen molar-refractivity contribution < 1.29 is 4.79 Å². The first-order valence-electron chi connectivity index (χ1n) is 11.3. The number of H-pyrrole nitrogens is 1. The van der Waals surface area contributed by atoms with E-state index in [1.165, 1.54) is 0 Å². The van der Waals surface area contributed by atoms with E-state index in [2.05, 4.69) is 42.3 Å². The molecule has 1 aliphatic rings. The number of hydrogen-bond donors (Lipinski definition) is 2. The maximum absolute atomic E-state index is 13.1. The highest BCUT2D eigenvalue weighted by atomic mass is 16.1. The van der Waals surface area contributed by atoms with Crippen LogP contribution in [0.15, 0.2) is 61.2 Å². The Bertz CT molecular complexity index is 1230. The topological polar surface area (TPSA) is 108 Å². The number of likely N-dealkylation sites (N-methyl/N-ethyl adjacent to an activating group) is 1. The van der Waals surface area contributed by atoms with Crippen molar-refractivity contribution in [2.45, 2.75) is 6.54 Å². The molecule has 174 valence electrons. The average Bonchev–Trinajstić information content (AvgIpc) is 3.55. The quantitative estimate of drug-likeness (QED) is 0.438. The van der Waals surface area contributed by atoms with Crippen LogP contribution < -0.4 is 5.32 Å². The lowest BCUT2D eigenvalue weighted by Gasteiger charge is -2.32. The van der Waals surface area contributed by atoms with Crippen molar-refractivity contribution in [3.63, 3.8) is 0 Å².